The fourth-order valence-electron chi connectivity index (χ4n) is 4.44. The zero-order valence-electron chi connectivity index (χ0n) is 18.2. The van der Waals surface area contributed by atoms with Crippen molar-refractivity contribution < 1.29 is 4.79 Å². The lowest BCUT2D eigenvalue weighted by Crippen LogP contribution is -2.32. The van der Waals surface area contributed by atoms with E-state index < -0.39 is 0 Å². The summed E-state index contributed by atoms with van der Waals surface area (Å²) >= 11 is 0. The van der Waals surface area contributed by atoms with Crippen LogP contribution in [-0.4, -0.2) is 30.7 Å². The molecular formula is C24H25N5O3. The summed E-state index contributed by atoms with van der Waals surface area (Å²) in [4.78, 5) is 39.0. The van der Waals surface area contributed by atoms with Gasteiger partial charge in [0.1, 0.15) is 0 Å². The second-order valence-corrected chi connectivity index (χ2v) is 8.61. The van der Waals surface area contributed by atoms with Gasteiger partial charge in [0.25, 0.3) is 11.5 Å². The number of fused-ring (bicyclic) bond motifs is 3. The van der Waals surface area contributed by atoms with Gasteiger partial charge in [0.05, 0.1) is 17.4 Å². The Labute approximate surface area is 184 Å². The van der Waals surface area contributed by atoms with Crippen LogP contribution in [0.1, 0.15) is 47.2 Å². The van der Waals surface area contributed by atoms with Crippen molar-refractivity contribution in [3.8, 4) is 0 Å². The Morgan fingerprint density at radius 3 is 2.53 bits per heavy atom. The van der Waals surface area contributed by atoms with Gasteiger partial charge in [-0.1, -0.05) is 42.7 Å². The van der Waals surface area contributed by atoms with Crippen molar-refractivity contribution in [1.29, 1.82) is 0 Å². The second kappa shape index (κ2) is 7.78. The molecule has 1 fully saturated rings. The van der Waals surface area contributed by atoms with Crippen molar-refractivity contribution in [2.75, 3.05) is 0 Å². The molecule has 1 N–H and O–H groups in total. The number of rotatable bonds is 4. The molecule has 2 heterocycles. The molecule has 8 heteroatoms. The summed E-state index contributed by atoms with van der Waals surface area (Å²) < 4.78 is 4.13. The van der Waals surface area contributed by atoms with Crippen LogP contribution in [0.15, 0.2) is 52.1 Å². The summed E-state index contributed by atoms with van der Waals surface area (Å²) in [6, 6.07) is 12.9. The quantitative estimate of drug-likeness (QED) is 0.537. The minimum atomic E-state index is -0.352. The van der Waals surface area contributed by atoms with Crippen molar-refractivity contribution in [2.45, 2.75) is 45.2 Å². The first-order chi connectivity index (χ1) is 15.4. The molecule has 0 bridgehead atoms. The van der Waals surface area contributed by atoms with Crippen molar-refractivity contribution in [2.24, 2.45) is 7.05 Å². The molecule has 0 unspecified atom stereocenters. The third kappa shape index (κ3) is 3.41. The van der Waals surface area contributed by atoms with Crippen LogP contribution in [0.4, 0.5) is 0 Å². The number of hydrogen-bond acceptors (Lipinski definition) is 4. The van der Waals surface area contributed by atoms with E-state index in [0.717, 1.165) is 36.8 Å². The highest BCUT2D eigenvalue weighted by Gasteiger charge is 2.20. The molecule has 0 spiro atoms. The summed E-state index contributed by atoms with van der Waals surface area (Å²) in [5.41, 5.74) is 2.27. The zero-order chi connectivity index (χ0) is 22.4. The van der Waals surface area contributed by atoms with Crippen LogP contribution in [0, 0.1) is 6.92 Å². The number of carbonyl (C=O) groups is 1. The highest BCUT2D eigenvalue weighted by molar-refractivity contribution is 5.98. The SMILES string of the molecule is Cc1ccc(Cn2nc3n(C)c(=O)c4ccc(C(=O)NC5CCCC5)cc4n3c2=O)cc1. The van der Waals surface area contributed by atoms with Gasteiger partial charge < -0.3 is 5.32 Å². The van der Waals surface area contributed by atoms with E-state index in [1.807, 2.05) is 31.2 Å². The second-order valence-electron chi connectivity index (χ2n) is 8.61. The smallest absolute Gasteiger partial charge is 0.349 e. The van der Waals surface area contributed by atoms with Gasteiger partial charge in [0.2, 0.25) is 5.78 Å². The summed E-state index contributed by atoms with van der Waals surface area (Å²) in [7, 11) is 1.60. The number of carbonyl (C=O) groups excluding carboxylic acids is 1. The van der Waals surface area contributed by atoms with Crippen molar-refractivity contribution >= 4 is 22.6 Å². The lowest BCUT2D eigenvalue weighted by Gasteiger charge is -2.12. The van der Waals surface area contributed by atoms with Gasteiger partial charge >= 0.3 is 5.69 Å². The molecule has 1 amide bonds. The molecule has 5 rings (SSSR count). The van der Waals surface area contributed by atoms with Gasteiger partial charge in [0.15, 0.2) is 0 Å². The fourth-order valence-corrected chi connectivity index (χ4v) is 4.44. The molecule has 0 atom stereocenters. The third-order valence-electron chi connectivity index (χ3n) is 6.30. The first kappa shape index (κ1) is 20.2. The van der Waals surface area contributed by atoms with E-state index in [9.17, 15) is 14.4 Å². The summed E-state index contributed by atoms with van der Waals surface area (Å²) in [5.74, 6) is 0.0562. The van der Waals surface area contributed by atoms with E-state index in [-0.39, 0.29) is 29.0 Å². The van der Waals surface area contributed by atoms with E-state index in [0.29, 0.717) is 23.0 Å². The molecule has 2 aromatic carbocycles. The Bertz CT molecular complexity index is 1450. The standard InChI is InChI=1S/C24H25N5O3/c1-15-7-9-16(10-8-15)14-28-24(32)29-20-13-17(21(30)25-18-5-3-4-6-18)11-12-19(20)22(31)27(2)23(29)26-28/h7-13,18H,3-6,14H2,1-2H3,(H,25,30). The van der Waals surface area contributed by atoms with E-state index in [4.69, 9.17) is 0 Å². The lowest BCUT2D eigenvalue weighted by atomic mass is 10.1. The molecule has 0 radical (unpaired) electrons. The number of hydrogen-bond donors (Lipinski definition) is 1. The number of amides is 1. The van der Waals surface area contributed by atoms with Gasteiger partial charge in [-0.2, -0.15) is 0 Å². The van der Waals surface area contributed by atoms with E-state index in [2.05, 4.69) is 10.4 Å². The summed E-state index contributed by atoms with van der Waals surface area (Å²) in [5, 5.41) is 7.86. The first-order valence-electron chi connectivity index (χ1n) is 10.9. The Hall–Kier alpha value is -3.68. The van der Waals surface area contributed by atoms with E-state index in [1.165, 1.54) is 13.6 Å². The summed E-state index contributed by atoms with van der Waals surface area (Å²) in [6.07, 6.45) is 4.20. The molecule has 0 aliphatic heterocycles. The van der Waals surface area contributed by atoms with Gasteiger partial charge in [-0.05, 0) is 43.5 Å². The molecule has 1 saturated carbocycles. The molecule has 2 aromatic heterocycles. The number of benzene rings is 2. The predicted octanol–water partition coefficient (Wildman–Crippen LogP) is 2.38. The number of nitrogens with zero attached hydrogens (tertiary/aromatic N) is 4. The van der Waals surface area contributed by atoms with Crippen LogP contribution in [0.25, 0.3) is 16.7 Å². The van der Waals surface area contributed by atoms with E-state index in [1.54, 1.807) is 25.2 Å². The predicted molar refractivity (Wildman–Crippen MR) is 122 cm³/mol. The summed E-state index contributed by atoms with van der Waals surface area (Å²) in [6.45, 7) is 2.29. The first-order valence-corrected chi connectivity index (χ1v) is 10.9. The molecular weight excluding hydrogens is 406 g/mol. The van der Waals surface area contributed by atoms with Gasteiger partial charge in [-0.3, -0.25) is 14.2 Å². The van der Waals surface area contributed by atoms with Gasteiger partial charge in [0, 0.05) is 18.7 Å². The van der Waals surface area contributed by atoms with Crippen molar-refractivity contribution in [3.63, 3.8) is 0 Å². The third-order valence-corrected chi connectivity index (χ3v) is 6.30. The molecule has 1 aliphatic carbocycles. The Morgan fingerprint density at radius 2 is 1.81 bits per heavy atom. The van der Waals surface area contributed by atoms with Gasteiger partial charge in [-0.25, -0.2) is 13.9 Å². The molecule has 1 aliphatic rings. The zero-order valence-corrected chi connectivity index (χ0v) is 18.2. The topological polar surface area (TPSA) is 90.4 Å². The van der Waals surface area contributed by atoms with Gasteiger partial charge in [-0.15, -0.1) is 5.10 Å². The molecule has 8 nitrogen and oxygen atoms in total. The molecule has 0 saturated heterocycles. The van der Waals surface area contributed by atoms with Crippen LogP contribution in [-0.2, 0) is 13.6 Å². The average molecular weight is 431 g/mol. The highest BCUT2D eigenvalue weighted by atomic mass is 16.2. The largest absolute Gasteiger partial charge is 0.352 e. The monoisotopic (exact) mass is 431 g/mol. The lowest BCUT2D eigenvalue weighted by molar-refractivity contribution is 0.0938. The number of aromatic nitrogens is 4. The van der Waals surface area contributed by atoms with Crippen molar-refractivity contribution in [3.05, 3.63) is 80.0 Å². The van der Waals surface area contributed by atoms with Crippen LogP contribution >= 0.6 is 0 Å². The fraction of sp³-hybridized carbons (Fsp3) is 0.333. The molecule has 32 heavy (non-hydrogen) atoms. The minimum Gasteiger partial charge on any atom is -0.349 e. The van der Waals surface area contributed by atoms with Crippen LogP contribution in [0.3, 0.4) is 0 Å². The Kier molecular flexibility index (Phi) is 4.92. The molecule has 4 aromatic rings. The normalized spacial score (nSPS) is 14.4. The maximum absolute atomic E-state index is 13.3. The minimum absolute atomic E-state index is 0.182. The average Bonchev–Trinajstić information content (AvgIpc) is 3.41. The molecule has 164 valence electrons. The number of aryl methyl sites for hydroxylation is 2. The highest BCUT2D eigenvalue weighted by Crippen LogP contribution is 2.19. The van der Waals surface area contributed by atoms with Crippen LogP contribution in [0.5, 0.6) is 0 Å². The maximum Gasteiger partial charge on any atom is 0.352 e. The Balaban J connectivity index is 1.63. The van der Waals surface area contributed by atoms with Crippen molar-refractivity contribution in [1.82, 2.24) is 24.1 Å². The Morgan fingerprint density at radius 1 is 1.09 bits per heavy atom. The van der Waals surface area contributed by atoms with Crippen LogP contribution in [0.2, 0.25) is 0 Å². The number of nitrogens with one attached hydrogen (secondary N) is 1. The van der Waals surface area contributed by atoms with E-state index >= 15 is 0 Å². The van der Waals surface area contributed by atoms with Crippen LogP contribution < -0.4 is 16.6 Å². The maximum atomic E-state index is 13.3.